The van der Waals surface area contributed by atoms with Gasteiger partial charge in [-0.15, -0.1) is 15.3 Å². The van der Waals surface area contributed by atoms with E-state index in [-0.39, 0.29) is 17.7 Å². The zero-order valence-corrected chi connectivity index (χ0v) is 46.1. The first-order valence-corrected chi connectivity index (χ1v) is 28.4. The summed E-state index contributed by atoms with van der Waals surface area (Å²) in [6.07, 6.45) is 21.4. The van der Waals surface area contributed by atoms with Crippen molar-refractivity contribution in [3.8, 4) is 33.8 Å². The predicted octanol–water partition coefficient (Wildman–Crippen LogP) is 10.1. The van der Waals surface area contributed by atoms with Crippen molar-refractivity contribution in [3.05, 3.63) is 126 Å². The molecule has 414 valence electrons. The lowest BCUT2D eigenvalue weighted by atomic mass is 10.0. The third-order valence-electron chi connectivity index (χ3n) is 13.4. The smallest absolute Gasteiger partial charge is 0.225 e. The van der Waals surface area contributed by atoms with Crippen molar-refractivity contribution in [2.45, 2.75) is 137 Å². The molecular weight excluding hydrogens is 979 g/mol. The van der Waals surface area contributed by atoms with E-state index in [9.17, 15) is 14.4 Å². The molecule has 0 aliphatic heterocycles. The molecule has 0 aliphatic rings. The maximum Gasteiger partial charge on any atom is 0.225 e. The third kappa shape index (κ3) is 20.2. The highest BCUT2D eigenvalue weighted by molar-refractivity contribution is 5.92. The zero-order valence-electron chi connectivity index (χ0n) is 46.1. The number of aromatic nitrogens is 9. The zero-order chi connectivity index (χ0) is 54.6. The molecule has 0 saturated carbocycles. The topological polar surface area (TPSA) is 216 Å². The van der Waals surface area contributed by atoms with Gasteiger partial charge in [0.05, 0.1) is 38.2 Å². The number of unbranched alkanes of at least 4 members (excludes halogenated alkanes) is 9. The molecule has 3 amide bonds. The molecule has 0 saturated heterocycles. The molecule has 3 heterocycles. The molecule has 7 rings (SSSR count). The first-order valence-electron chi connectivity index (χ1n) is 28.4. The van der Waals surface area contributed by atoms with Crippen LogP contribution in [0, 0.1) is 0 Å². The Bertz CT molecular complexity index is 2550. The van der Waals surface area contributed by atoms with Crippen molar-refractivity contribution in [3.63, 3.8) is 0 Å². The average molecular weight is 1060 g/mol. The summed E-state index contributed by atoms with van der Waals surface area (Å²) in [4.78, 5) is 37.8. The summed E-state index contributed by atoms with van der Waals surface area (Å²) in [6, 6.07) is 29.4. The van der Waals surface area contributed by atoms with Gasteiger partial charge in [-0.2, -0.15) is 0 Å². The number of carbonyl (C=O) groups excluding carboxylic acids is 3. The summed E-state index contributed by atoms with van der Waals surface area (Å²) >= 11 is 0. The largest absolute Gasteiger partial charge is 0.326 e. The number of anilines is 3. The van der Waals surface area contributed by atoms with Crippen LogP contribution in [-0.4, -0.2) is 102 Å². The van der Waals surface area contributed by atoms with Crippen molar-refractivity contribution in [1.82, 2.24) is 60.9 Å². The molecule has 0 fully saturated rings. The number of hydrogen-bond donors (Lipinski definition) is 6. The molecule has 6 N–H and O–H groups in total. The number of carbonyl (C=O) groups is 3. The van der Waals surface area contributed by atoms with E-state index in [1.807, 2.05) is 105 Å². The first-order chi connectivity index (χ1) is 38.2. The van der Waals surface area contributed by atoms with E-state index in [1.54, 1.807) is 0 Å². The van der Waals surface area contributed by atoms with Gasteiger partial charge in [-0.3, -0.25) is 14.4 Å². The van der Waals surface area contributed by atoms with Crippen LogP contribution in [0.25, 0.3) is 33.8 Å². The van der Waals surface area contributed by atoms with E-state index in [0.29, 0.717) is 75.6 Å². The van der Waals surface area contributed by atoms with Crippen LogP contribution in [-0.2, 0) is 34.0 Å². The van der Waals surface area contributed by atoms with E-state index in [4.69, 9.17) is 0 Å². The number of nitrogens with zero attached hydrogens (tertiary/aromatic N) is 9. The molecule has 0 atom stereocenters. The van der Waals surface area contributed by atoms with Crippen LogP contribution in [0.4, 0.5) is 17.1 Å². The van der Waals surface area contributed by atoms with Crippen molar-refractivity contribution >= 4 is 34.8 Å². The molecule has 0 aliphatic carbocycles. The Morgan fingerprint density at radius 1 is 0.372 bits per heavy atom. The van der Waals surface area contributed by atoms with Crippen LogP contribution < -0.4 is 31.9 Å². The fraction of sp³-hybridized carbons (Fsp3) is 0.450. The van der Waals surface area contributed by atoms with Gasteiger partial charge in [-0.1, -0.05) is 149 Å². The summed E-state index contributed by atoms with van der Waals surface area (Å²) in [5, 5.41) is 46.2. The molecule has 7 aromatic rings. The van der Waals surface area contributed by atoms with E-state index < -0.39 is 0 Å². The third-order valence-corrected chi connectivity index (χ3v) is 13.4. The van der Waals surface area contributed by atoms with Crippen molar-refractivity contribution < 1.29 is 14.4 Å². The molecule has 3 aromatic heterocycles. The van der Waals surface area contributed by atoms with Crippen LogP contribution in [0.15, 0.2) is 110 Å². The number of benzene rings is 4. The van der Waals surface area contributed by atoms with E-state index in [2.05, 4.69) is 102 Å². The van der Waals surface area contributed by atoms with Crippen LogP contribution in [0.1, 0.15) is 134 Å². The Labute approximate surface area is 460 Å². The van der Waals surface area contributed by atoms with Gasteiger partial charge in [0.1, 0.15) is 17.1 Å². The molecule has 78 heavy (non-hydrogen) atoms. The van der Waals surface area contributed by atoms with Crippen LogP contribution >= 0.6 is 0 Å². The number of hydrogen-bond acceptors (Lipinski definition) is 12. The average Bonchev–Trinajstić information content (AvgIpc) is 4.26. The standard InChI is InChI=1S/C60H81N15O3/c1-4-7-10-13-31-61-34-28-58(76)64-52-22-16-49(17-23-52)55-43-73(70-67-55)40-46-37-47(41-74-44-56(68-71-74)50-18-24-53(25-19-50)65-59(77)29-35-62-32-14-11-8-5-2)39-48(38-46)42-75-45-57(69-72-75)51-20-26-54(27-21-51)66-60(78)30-36-63-33-15-12-9-6-3/h16-27,37-39,43-45,61-63H,4-15,28-36,40-42H2,1-3H3,(H,64,76)(H,65,77)(H,66,78). The lowest BCUT2D eigenvalue weighted by Gasteiger charge is -2.10. The summed E-state index contributed by atoms with van der Waals surface area (Å²) in [5.74, 6) is -0.0690. The minimum Gasteiger partial charge on any atom is -0.326 e. The van der Waals surface area contributed by atoms with Gasteiger partial charge >= 0.3 is 0 Å². The summed E-state index contributed by atoms with van der Waals surface area (Å²) in [6.45, 7) is 12.7. The monoisotopic (exact) mass is 1060 g/mol. The van der Waals surface area contributed by atoms with Crippen LogP contribution in [0.2, 0.25) is 0 Å². The Hall–Kier alpha value is -7.41. The van der Waals surface area contributed by atoms with Crippen molar-refractivity contribution in [2.24, 2.45) is 0 Å². The highest BCUT2D eigenvalue weighted by Crippen LogP contribution is 2.24. The first kappa shape index (κ1) is 58.3. The Balaban J connectivity index is 0.987. The van der Waals surface area contributed by atoms with Crippen LogP contribution in [0.5, 0.6) is 0 Å². The maximum atomic E-state index is 12.6. The SMILES string of the molecule is CCCCCCNCCC(=O)Nc1ccc(-c2cn(Cc3cc(Cn4cc(-c5ccc(NC(=O)CCNCCCCCC)cc5)nn4)cc(Cn4cc(-c5ccc(NC(=O)CCNCCCCCC)cc5)nn4)c3)nn2)cc1. The van der Waals surface area contributed by atoms with Gasteiger partial charge < -0.3 is 31.9 Å². The summed E-state index contributed by atoms with van der Waals surface area (Å²) < 4.78 is 5.46. The highest BCUT2D eigenvalue weighted by Gasteiger charge is 2.13. The molecular formula is C60H81N15O3. The second-order valence-electron chi connectivity index (χ2n) is 20.1. The van der Waals surface area contributed by atoms with E-state index >= 15 is 0 Å². The van der Waals surface area contributed by atoms with Gasteiger partial charge in [-0.05, 0) is 92.0 Å². The molecule has 0 radical (unpaired) electrons. The Morgan fingerprint density at radius 3 is 0.923 bits per heavy atom. The van der Waals surface area contributed by atoms with E-state index in [1.165, 1.54) is 57.8 Å². The molecule has 18 nitrogen and oxygen atoms in total. The second kappa shape index (κ2) is 32.4. The molecule has 4 aromatic carbocycles. The Kier molecular flexibility index (Phi) is 24.2. The number of rotatable bonds is 36. The van der Waals surface area contributed by atoms with E-state index in [0.717, 1.165) is 89.3 Å². The van der Waals surface area contributed by atoms with Gasteiger partial charge in [-0.25, -0.2) is 14.0 Å². The Morgan fingerprint density at radius 2 is 0.654 bits per heavy atom. The number of amides is 3. The lowest BCUT2D eigenvalue weighted by Crippen LogP contribution is -2.22. The highest BCUT2D eigenvalue weighted by atomic mass is 16.2. The lowest BCUT2D eigenvalue weighted by molar-refractivity contribution is -0.116. The molecule has 0 bridgehead atoms. The number of nitrogens with one attached hydrogen (secondary N) is 6. The molecule has 0 spiro atoms. The fourth-order valence-corrected chi connectivity index (χ4v) is 9.05. The minimum absolute atomic E-state index is 0.0230. The van der Waals surface area contributed by atoms with Crippen LogP contribution in [0.3, 0.4) is 0 Å². The van der Waals surface area contributed by atoms with Gasteiger partial charge in [0.25, 0.3) is 0 Å². The normalized spacial score (nSPS) is 11.3. The van der Waals surface area contributed by atoms with Gasteiger partial charge in [0.2, 0.25) is 17.7 Å². The van der Waals surface area contributed by atoms with Gasteiger partial charge in [0, 0.05) is 72.6 Å². The fourth-order valence-electron chi connectivity index (χ4n) is 9.05. The molecule has 18 heteroatoms. The summed E-state index contributed by atoms with van der Waals surface area (Å²) in [7, 11) is 0. The summed E-state index contributed by atoms with van der Waals surface area (Å²) in [5.41, 5.74) is 10.0. The van der Waals surface area contributed by atoms with Crippen molar-refractivity contribution in [1.29, 1.82) is 0 Å². The second-order valence-corrected chi connectivity index (χ2v) is 20.1. The van der Waals surface area contributed by atoms with Gasteiger partial charge in [0.15, 0.2) is 0 Å². The minimum atomic E-state index is -0.0230. The maximum absolute atomic E-state index is 12.6. The van der Waals surface area contributed by atoms with Crippen molar-refractivity contribution in [2.75, 3.05) is 55.2 Å². The predicted molar refractivity (Wildman–Crippen MR) is 311 cm³/mol. The quantitative estimate of drug-likeness (QED) is 0.0203. The molecule has 0 unspecified atom stereocenters.